The molecule has 0 amide bonds. The van der Waals surface area contributed by atoms with Crippen molar-refractivity contribution in [2.75, 3.05) is 5.88 Å². The smallest absolute Gasteiger partial charge is 0.0436 e. The number of halogens is 2. The fourth-order valence-corrected chi connectivity index (χ4v) is 1.15. The van der Waals surface area contributed by atoms with Crippen LogP contribution in [0.25, 0.3) is 0 Å². The maximum atomic E-state index is 5.87. The summed E-state index contributed by atoms with van der Waals surface area (Å²) in [5, 5.41) is 0.780. The van der Waals surface area contributed by atoms with E-state index in [0.29, 0.717) is 5.88 Å². The summed E-state index contributed by atoms with van der Waals surface area (Å²) in [5.74, 6) is 6.58. The Bertz CT molecular complexity index is 345. The van der Waals surface area contributed by atoms with E-state index in [4.69, 9.17) is 23.2 Å². The highest BCUT2D eigenvalue weighted by Crippen LogP contribution is 2.15. The van der Waals surface area contributed by atoms with Gasteiger partial charge < -0.3 is 0 Å². The summed E-state index contributed by atoms with van der Waals surface area (Å²) >= 11 is 11.4. The van der Waals surface area contributed by atoms with Gasteiger partial charge in [0.1, 0.15) is 0 Å². The van der Waals surface area contributed by atoms with Crippen LogP contribution in [0.15, 0.2) is 18.2 Å². The molecule has 0 heterocycles. The van der Waals surface area contributed by atoms with Crippen molar-refractivity contribution in [2.24, 2.45) is 0 Å². The Kier molecular flexibility index (Phi) is 4.15. The lowest BCUT2D eigenvalue weighted by Crippen LogP contribution is -1.79. The summed E-state index contributed by atoms with van der Waals surface area (Å²) in [7, 11) is 0. The predicted octanol–water partition coefficient (Wildman–Crippen LogP) is 3.63. The highest BCUT2D eigenvalue weighted by Gasteiger charge is 1.93. The molecule has 0 nitrogen and oxygen atoms in total. The normalized spacial score (nSPS) is 9.15. The molecule has 13 heavy (non-hydrogen) atoms. The number of hydrogen-bond donors (Lipinski definition) is 0. The van der Waals surface area contributed by atoms with E-state index < -0.39 is 0 Å². The summed E-state index contributed by atoms with van der Waals surface area (Å²) in [6, 6.07) is 5.75. The molecule has 0 unspecified atom stereocenters. The van der Waals surface area contributed by atoms with E-state index >= 15 is 0 Å². The summed E-state index contributed by atoms with van der Waals surface area (Å²) < 4.78 is 0. The second-order valence-corrected chi connectivity index (χ2v) is 3.49. The fraction of sp³-hybridized carbons (Fsp3) is 0.273. The van der Waals surface area contributed by atoms with E-state index in [0.717, 1.165) is 22.6 Å². The molecule has 0 spiro atoms. The number of hydrogen-bond acceptors (Lipinski definition) is 0. The fourth-order valence-electron chi connectivity index (χ4n) is 0.934. The maximum Gasteiger partial charge on any atom is 0.0436 e. The number of alkyl halides is 1. The average molecular weight is 213 g/mol. The number of benzene rings is 1. The van der Waals surface area contributed by atoms with Gasteiger partial charge in [0.05, 0.1) is 0 Å². The van der Waals surface area contributed by atoms with Crippen molar-refractivity contribution in [2.45, 2.75) is 13.3 Å². The highest BCUT2D eigenvalue weighted by molar-refractivity contribution is 6.31. The van der Waals surface area contributed by atoms with Crippen LogP contribution in [0.5, 0.6) is 0 Å². The van der Waals surface area contributed by atoms with Crippen LogP contribution in [0.3, 0.4) is 0 Å². The van der Waals surface area contributed by atoms with Crippen molar-refractivity contribution in [3.05, 3.63) is 34.3 Å². The van der Waals surface area contributed by atoms with Gasteiger partial charge in [-0.25, -0.2) is 0 Å². The van der Waals surface area contributed by atoms with Gasteiger partial charge in [0.25, 0.3) is 0 Å². The van der Waals surface area contributed by atoms with Crippen LogP contribution >= 0.6 is 23.2 Å². The second kappa shape index (κ2) is 5.17. The Morgan fingerprint density at radius 2 is 2.15 bits per heavy atom. The van der Waals surface area contributed by atoms with E-state index in [-0.39, 0.29) is 0 Å². The monoisotopic (exact) mass is 212 g/mol. The van der Waals surface area contributed by atoms with Crippen molar-refractivity contribution in [3.63, 3.8) is 0 Å². The Balaban J connectivity index is 2.81. The van der Waals surface area contributed by atoms with Crippen LogP contribution < -0.4 is 0 Å². The molecule has 0 N–H and O–H groups in total. The SMILES string of the molecule is Cc1cc(C#CCCCl)ccc1Cl. The average Bonchev–Trinajstić information content (AvgIpc) is 2.12. The van der Waals surface area contributed by atoms with Crippen LogP contribution in [-0.4, -0.2) is 5.88 Å². The molecule has 2 heteroatoms. The van der Waals surface area contributed by atoms with E-state index in [1.807, 2.05) is 25.1 Å². The van der Waals surface area contributed by atoms with Crippen LogP contribution in [0.4, 0.5) is 0 Å². The van der Waals surface area contributed by atoms with Crippen LogP contribution in [0.1, 0.15) is 17.5 Å². The van der Waals surface area contributed by atoms with Crippen LogP contribution in [0, 0.1) is 18.8 Å². The van der Waals surface area contributed by atoms with Crippen molar-refractivity contribution >= 4 is 23.2 Å². The van der Waals surface area contributed by atoms with Gasteiger partial charge >= 0.3 is 0 Å². The van der Waals surface area contributed by atoms with Crippen LogP contribution in [0.2, 0.25) is 5.02 Å². The summed E-state index contributed by atoms with van der Waals surface area (Å²) in [5.41, 5.74) is 2.05. The molecule has 0 saturated heterocycles. The minimum absolute atomic E-state index is 0.583. The molecule has 0 radical (unpaired) electrons. The zero-order chi connectivity index (χ0) is 9.68. The third-order valence-electron chi connectivity index (χ3n) is 1.61. The molecule has 0 fully saturated rings. The lowest BCUT2D eigenvalue weighted by atomic mass is 10.1. The van der Waals surface area contributed by atoms with Gasteiger partial charge in [-0.15, -0.1) is 11.6 Å². The molecule has 1 aromatic carbocycles. The summed E-state index contributed by atoms with van der Waals surface area (Å²) in [6.07, 6.45) is 0.725. The third kappa shape index (κ3) is 3.30. The molecule has 1 aromatic rings. The van der Waals surface area contributed by atoms with E-state index in [1.54, 1.807) is 0 Å². The molecule has 1 rings (SSSR count). The van der Waals surface area contributed by atoms with E-state index in [1.165, 1.54) is 0 Å². The van der Waals surface area contributed by atoms with Gasteiger partial charge in [0.2, 0.25) is 0 Å². The second-order valence-electron chi connectivity index (χ2n) is 2.70. The topological polar surface area (TPSA) is 0 Å². The Morgan fingerprint density at radius 3 is 2.77 bits per heavy atom. The first-order valence-electron chi connectivity index (χ1n) is 4.05. The first-order valence-corrected chi connectivity index (χ1v) is 4.96. The lowest BCUT2D eigenvalue weighted by Gasteiger charge is -1.96. The molecular weight excluding hydrogens is 203 g/mol. The van der Waals surface area contributed by atoms with Gasteiger partial charge in [-0.05, 0) is 30.7 Å². The molecule has 0 aliphatic heterocycles. The largest absolute Gasteiger partial charge is 0.126 e. The van der Waals surface area contributed by atoms with Gasteiger partial charge in [-0.3, -0.25) is 0 Å². The van der Waals surface area contributed by atoms with Crippen molar-refractivity contribution < 1.29 is 0 Å². The predicted molar refractivity (Wildman–Crippen MR) is 58.4 cm³/mol. The zero-order valence-electron chi connectivity index (χ0n) is 7.40. The minimum atomic E-state index is 0.583. The molecule has 0 aliphatic carbocycles. The highest BCUT2D eigenvalue weighted by atomic mass is 35.5. The Hall–Kier alpha value is -0.640. The quantitative estimate of drug-likeness (QED) is 0.493. The molecule has 68 valence electrons. The van der Waals surface area contributed by atoms with Crippen molar-refractivity contribution in [3.8, 4) is 11.8 Å². The minimum Gasteiger partial charge on any atom is -0.126 e. The summed E-state index contributed by atoms with van der Waals surface area (Å²) in [6.45, 7) is 1.97. The maximum absolute atomic E-state index is 5.87. The van der Waals surface area contributed by atoms with Crippen molar-refractivity contribution in [1.82, 2.24) is 0 Å². The zero-order valence-corrected chi connectivity index (χ0v) is 8.91. The summed E-state index contributed by atoms with van der Waals surface area (Å²) in [4.78, 5) is 0. The molecule has 0 saturated carbocycles. The Labute approximate surface area is 88.9 Å². The molecule has 0 aromatic heterocycles. The number of rotatable bonds is 1. The first kappa shape index (κ1) is 10.4. The van der Waals surface area contributed by atoms with Gasteiger partial charge in [-0.2, -0.15) is 0 Å². The first-order chi connectivity index (χ1) is 6.24. The van der Waals surface area contributed by atoms with Gasteiger partial charge in [0.15, 0.2) is 0 Å². The Morgan fingerprint density at radius 1 is 1.38 bits per heavy atom. The molecule has 0 atom stereocenters. The third-order valence-corrected chi connectivity index (χ3v) is 2.22. The molecule has 0 bridgehead atoms. The molecule has 0 aliphatic rings. The standard InChI is InChI=1S/C11H10Cl2/c1-9-8-10(4-2-3-7-12)5-6-11(9)13/h5-6,8H,3,7H2,1H3. The van der Waals surface area contributed by atoms with E-state index in [2.05, 4.69) is 11.8 Å². The van der Waals surface area contributed by atoms with E-state index in [9.17, 15) is 0 Å². The lowest BCUT2D eigenvalue weighted by molar-refractivity contribution is 1.29. The van der Waals surface area contributed by atoms with Crippen molar-refractivity contribution in [1.29, 1.82) is 0 Å². The van der Waals surface area contributed by atoms with Gasteiger partial charge in [-0.1, -0.05) is 23.4 Å². The van der Waals surface area contributed by atoms with Crippen LogP contribution in [-0.2, 0) is 0 Å². The molecular formula is C11H10Cl2. The van der Waals surface area contributed by atoms with Gasteiger partial charge in [0, 0.05) is 22.9 Å². The number of aryl methyl sites for hydroxylation is 1.